The molecule has 1 aromatic carbocycles. The monoisotopic (exact) mass is 206 g/mol. The van der Waals surface area contributed by atoms with Crippen LogP contribution in [0.1, 0.15) is 25.0 Å². The SMILES string of the molecule is CCC(O)c1cc(F)c(Cl)cc1F. The van der Waals surface area contributed by atoms with E-state index in [4.69, 9.17) is 11.6 Å². The van der Waals surface area contributed by atoms with Crippen molar-refractivity contribution in [2.75, 3.05) is 0 Å². The van der Waals surface area contributed by atoms with E-state index in [1.807, 2.05) is 0 Å². The van der Waals surface area contributed by atoms with Crippen molar-refractivity contribution in [3.8, 4) is 0 Å². The van der Waals surface area contributed by atoms with E-state index >= 15 is 0 Å². The molecule has 0 amide bonds. The molecule has 0 aliphatic heterocycles. The number of hydrogen-bond acceptors (Lipinski definition) is 1. The first kappa shape index (κ1) is 10.4. The van der Waals surface area contributed by atoms with Crippen LogP contribution in [0.3, 0.4) is 0 Å². The molecular formula is C9H9ClF2O. The molecule has 1 aromatic rings. The van der Waals surface area contributed by atoms with Crippen LogP contribution in [0.15, 0.2) is 12.1 Å². The van der Waals surface area contributed by atoms with Gasteiger partial charge in [-0.05, 0) is 18.6 Å². The van der Waals surface area contributed by atoms with E-state index in [0.29, 0.717) is 6.42 Å². The van der Waals surface area contributed by atoms with Crippen molar-refractivity contribution < 1.29 is 13.9 Å². The van der Waals surface area contributed by atoms with Gasteiger partial charge in [0, 0.05) is 5.56 Å². The minimum absolute atomic E-state index is 0.0515. The van der Waals surface area contributed by atoms with Gasteiger partial charge in [0.1, 0.15) is 11.6 Å². The third kappa shape index (κ3) is 2.17. The molecule has 0 aliphatic rings. The minimum Gasteiger partial charge on any atom is -0.388 e. The van der Waals surface area contributed by atoms with Crippen LogP contribution in [-0.2, 0) is 0 Å². The summed E-state index contributed by atoms with van der Waals surface area (Å²) in [5.74, 6) is -1.40. The average molecular weight is 207 g/mol. The Morgan fingerprint density at radius 2 is 2.00 bits per heavy atom. The quantitative estimate of drug-likeness (QED) is 0.738. The normalized spacial score (nSPS) is 13.0. The molecule has 1 N–H and O–H groups in total. The Kier molecular flexibility index (Phi) is 3.22. The summed E-state index contributed by atoms with van der Waals surface area (Å²) in [6, 6.07) is 1.79. The molecule has 0 fully saturated rings. The Bertz CT molecular complexity index is 315. The predicted octanol–water partition coefficient (Wildman–Crippen LogP) is 3.06. The Morgan fingerprint density at radius 3 is 2.54 bits per heavy atom. The molecule has 1 nitrogen and oxygen atoms in total. The molecule has 0 heterocycles. The number of hydrogen-bond donors (Lipinski definition) is 1. The van der Waals surface area contributed by atoms with Gasteiger partial charge in [-0.25, -0.2) is 8.78 Å². The molecular weight excluding hydrogens is 198 g/mol. The molecule has 0 saturated carbocycles. The third-order valence-electron chi connectivity index (χ3n) is 1.79. The zero-order valence-electron chi connectivity index (χ0n) is 7.02. The van der Waals surface area contributed by atoms with E-state index in [0.717, 1.165) is 12.1 Å². The van der Waals surface area contributed by atoms with Crippen molar-refractivity contribution in [3.05, 3.63) is 34.4 Å². The van der Waals surface area contributed by atoms with Crippen molar-refractivity contribution in [1.29, 1.82) is 0 Å². The molecule has 13 heavy (non-hydrogen) atoms. The fourth-order valence-electron chi connectivity index (χ4n) is 1.01. The molecule has 4 heteroatoms. The molecule has 72 valence electrons. The highest BCUT2D eigenvalue weighted by atomic mass is 35.5. The average Bonchev–Trinajstić information content (AvgIpc) is 2.10. The summed E-state index contributed by atoms with van der Waals surface area (Å²) in [5.41, 5.74) is -0.0515. The van der Waals surface area contributed by atoms with Gasteiger partial charge in [-0.3, -0.25) is 0 Å². The first-order valence-electron chi connectivity index (χ1n) is 3.88. The fraction of sp³-hybridized carbons (Fsp3) is 0.333. The summed E-state index contributed by atoms with van der Waals surface area (Å²) in [7, 11) is 0. The largest absolute Gasteiger partial charge is 0.388 e. The second kappa shape index (κ2) is 4.03. The molecule has 0 aromatic heterocycles. The maximum atomic E-state index is 13.1. The van der Waals surface area contributed by atoms with Gasteiger partial charge in [-0.15, -0.1) is 0 Å². The fourth-order valence-corrected chi connectivity index (χ4v) is 1.16. The topological polar surface area (TPSA) is 20.2 Å². The van der Waals surface area contributed by atoms with Gasteiger partial charge in [-0.1, -0.05) is 18.5 Å². The van der Waals surface area contributed by atoms with Crippen molar-refractivity contribution in [1.82, 2.24) is 0 Å². The summed E-state index contributed by atoms with van der Waals surface area (Å²) in [6.45, 7) is 1.68. The van der Waals surface area contributed by atoms with Crippen LogP contribution in [0.4, 0.5) is 8.78 Å². The first-order valence-corrected chi connectivity index (χ1v) is 4.26. The van der Waals surface area contributed by atoms with Gasteiger partial charge in [-0.2, -0.15) is 0 Å². The Hall–Kier alpha value is -0.670. The molecule has 0 radical (unpaired) electrons. The van der Waals surface area contributed by atoms with Crippen LogP contribution >= 0.6 is 11.6 Å². The number of aliphatic hydroxyl groups excluding tert-OH is 1. The van der Waals surface area contributed by atoms with E-state index in [2.05, 4.69) is 0 Å². The van der Waals surface area contributed by atoms with E-state index in [-0.39, 0.29) is 10.6 Å². The van der Waals surface area contributed by atoms with Gasteiger partial charge >= 0.3 is 0 Å². The molecule has 0 saturated heterocycles. The smallest absolute Gasteiger partial charge is 0.142 e. The molecule has 1 rings (SSSR count). The van der Waals surface area contributed by atoms with Gasteiger partial charge in [0.15, 0.2) is 0 Å². The van der Waals surface area contributed by atoms with Crippen molar-refractivity contribution in [2.45, 2.75) is 19.4 Å². The molecule has 0 spiro atoms. The highest BCUT2D eigenvalue weighted by molar-refractivity contribution is 6.30. The summed E-state index contributed by atoms with van der Waals surface area (Å²) < 4.78 is 25.9. The number of benzene rings is 1. The second-order valence-corrected chi connectivity index (χ2v) is 3.12. The van der Waals surface area contributed by atoms with Gasteiger partial charge in [0.25, 0.3) is 0 Å². The molecule has 0 aliphatic carbocycles. The van der Waals surface area contributed by atoms with Gasteiger partial charge in [0.05, 0.1) is 11.1 Å². The predicted molar refractivity (Wildman–Crippen MR) is 46.6 cm³/mol. The van der Waals surface area contributed by atoms with E-state index in [1.165, 1.54) is 0 Å². The summed E-state index contributed by atoms with van der Waals surface area (Å²) in [6.07, 6.45) is -0.649. The van der Waals surface area contributed by atoms with Crippen LogP contribution in [0.25, 0.3) is 0 Å². The summed E-state index contributed by atoms with van der Waals surface area (Å²) in [5, 5.41) is 9.00. The number of aliphatic hydroxyl groups is 1. The Balaban J connectivity index is 3.15. The third-order valence-corrected chi connectivity index (χ3v) is 2.07. The lowest BCUT2D eigenvalue weighted by atomic mass is 10.1. The van der Waals surface area contributed by atoms with E-state index < -0.39 is 17.7 Å². The highest BCUT2D eigenvalue weighted by Crippen LogP contribution is 2.25. The van der Waals surface area contributed by atoms with Crippen molar-refractivity contribution >= 4 is 11.6 Å². The zero-order valence-corrected chi connectivity index (χ0v) is 7.78. The highest BCUT2D eigenvalue weighted by Gasteiger charge is 2.14. The molecule has 0 bridgehead atoms. The van der Waals surface area contributed by atoms with Crippen LogP contribution in [-0.4, -0.2) is 5.11 Å². The molecule has 1 atom stereocenters. The minimum atomic E-state index is -0.980. The van der Waals surface area contributed by atoms with Crippen molar-refractivity contribution in [2.24, 2.45) is 0 Å². The van der Waals surface area contributed by atoms with E-state index in [1.54, 1.807) is 6.92 Å². The standard InChI is InChI=1S/C9H9ClF2O/c1-2-9(13)5-3-8(12)6(10)4-7(5)11/h3-4,9,13H,2H2,1H3. The zero-order chi connectivity index (χ0) is 10.0. The van der Waals surface area contributed by atoms with Gasteiger partial charge < -0.3 is 5.11 Å². The van der Waals surface area contributed by atoms with Crippen LogP contribution in [0, 0.1) is 11.6 Å². The lowest BCUT2D eigenvalue weighted by molar-refractivity contribution is 0.168. The number of rotatable bonds is 2. The second-order valence-electron chi connectivity index (χ2n) is 2.71. The Labute approximate surface area is 80.0 Å². The van der Waals surface area contributed by atoms with Crippen LogP contribution < -0.4 is 0 Å². The lowest BCUT2D eigenvalue weighted by Crippen LogP contribution is -2.00. The number of halogens is 3. The molecule has 1 unspecified atom stereocenters. The maximum absolute atomic E-state index is 13.1. The van der Waals surface area contributed by atoms with Gasteiger partial charge in [0.2, 0.25) is 0 Å². The van der Waals surface area contributed by atoms with Crippen LogP contribution in [0.5, 0.6) is 0 Å². The summed E-state index contributed by atoms with van der Waals surface area (Å²) >= 11 is 5.34. The summed E-state index contributed by atoms with van der Waals surface area (Å²) in [4.78, 5) is 0. The Morgan fingerprint density at radius 1 is 1.38 bits per heavy atom. The van der Waals surface area contributed by atoms with E-state index in [9.17, 15) is 13.9 Å². The lowest BCUT2D eigenvalue weighted by Gasteiger charge is -2.09. The maximum Gasteiger partial charge on any atom is 0.142 e. The van der Waals surface area contributed by atoms with Crippen molar-refractivity contribution in [3.63, 3.8) is 0 Å². The van der Waals surface area contributed by atoms with Crippen LogP contribution in [0.2, 0.25) is 5.02 Å². The first-order chi connectivity index (χ1) is 6.06.